The highest BCUT2D eigenvalue weighted by Crippen LogP contribution is 2.29. The van der Waals surface area contributed by atoms with Gasteiger partial charge in [-0.1, -0.05) is 41.9 Å². The summed E-state index contributed by atoms with van der Waals surface area (Å²) in [4.78, 5) is 24.6. The van der Waals surface area contributed by atoms with Crippen LogP contribution in [0.3, 0.4) is 0 Å². The van der Waals surface area contributed by atoms with E-state index in [0.29, 0.717) is 10.7 Å². The monoisotopic (exact) mass is 334 g/mol. The predicted molar refractivity (Wildman–Crippen MR) is 90.4 cm³/mol. The SMILES string of the molecule is C[C@@H](Sc1ccccc1Cl)C(=O)NC(=O)Nc1ccccc1. The van der Waals surface area contributed by atoms with Gasteiger partial charge in [-0.15, -0.1) is 11.8 Å². The molecule has 22 heavy (non-hydrogen) atoms. The molecule has 0 aromatic heterocycles. The van der Waals surface area contributed by atoms with Crippen molar-refractivity contribution in [1.29, 1.82) is 0 Å². The third-order valence-corrected chi connectivity index (χ3v) is 4.40. The number of hydrogen-bond donors (Lipinski definition) is 2. The van der Waals surface area contributed by atoms with Gasteiger partial charge in [-0.3, -0.25) is 10.1 Å². The molecule has 2 N–H and O–H groups in total. The van der Waals surface area contributed by atoms with Gasteiger partial charge in [0.1, 0.15) is 0 Å². The zero-order chi connectivity index (χ0) is 15.9. The van der Waals surface area contributed by atoms with Crippen LogP contribution < -0.4 is 10.6 Å². The van der Waals surface area contributed by atoms with Crippen molar-refractivity contribution < 1.29 is 9.59 Å². The summed E-state index contributed by atoms with van der Waals surface area (Å²) in [5.41, 5.74) is 0.624. The summed E-state index contributed by atoms with van der Waals surface area (Å²) in [7, 11) is 0. The third-order valence-electron chi connectivity index (χ3n) is 2.78. The average molecular weight is 335 g/mol. The molecule has 0 radical (unpaired) electrons. The molecular formula is C16H15ClN2O2S. The molecule has 0 bridgehead atoms. The van der Waals surface area contributed by atoms with Crippen LogP contribution in [0.25, 0.3) is 0 Å². The Balaban J connectivity index is 1.88. The van der Waals surface area contributed by atoms with Gasteiger partial charge in [-0.25, -0.2) is 4.79 Å². The van der Waals surface area contributed by atoms with Crippen molar-refractivity contribution in [2.45, 2.75) is 17.1 Å². The number of urea groups is 1. The molecular weight excluding hydrogens is 320 g/mol. The number of rotatable bonds is 4. The number of halogens is 1. The third kappa shape index (κ3) is 4.79. The number of nitrogens with one attached hydrogen (secondary N) is 2. The molecule has 114 valence electrons. The molecule has 2 aromatic carbocycles. The van der Waals surface area contributed by atoms with Crippen molar-refractivity contribution >= 4 is 41.0 Å². The summed E-state index contributed by atoms with van der Waals surface area (Å²) in [6.45, 7) is 1.72. The number of thioether (sulfide) groups is 1. The minimum Gasteiger partial charge on any atom is -0.308 e. The first-order valence-corrected chi connectivity index (χ1v) is 7.90. The molecule has 0 heterocycles. The first-order valence-electron chi connectivity index (χ1n) is 6.64. The molecule has 2 rings (SSSR count). The second-order valence-corrected chi connectivity index (χ2v) is 6.29. The maximum absolute atomic E-state index is 12.0. The van der Waals surface area contributed by atoms with E-state index in [-0.39, 0.29) is 5.91 Å². The standard InChI is InChI=1S/C16H15ClN2O2S/c1-11(22-14-10-6-5-9-13(14)17)15(20)19-16(21)18-12-7-3-2-4-8-12/h2-11H,1H3,(H2,18,19,20,21)/t11-/m1/s1. The van der Waals surface area contributed by atoms with Crippen LogP contribution in [0.4, 0.5) is 10.5 Å². The normalized spacial score (nSPS) is 11.5. The molecule has 3 amide bonds. The quantitative estimate of drug-likeness (QED) is 0.825. The van der Waals surface area contributed by atoms with Crippen molar-refractivity contribution in [3.63, 3.8) is 0 Å². The van der Waals surface area contributed by atoms with Crippen molar-refractivity contribution in [1.82, 2.24) is 5.32 Å². The van der Waals surface area contributed by atoms with Crippen molar-refractivity contribution in [2.24, 2.45) is 0 Å². The van der Waals surface area contributed by atoms with E-state index in [0.717, 1.165) is 4.90 Å². The Labute approximate surface area is 138 Å². The van der Waals surface area contributed by atoms with Crippen LogP contribution in [0.15, 0.2) is 59.5 Å². The van der Waals surface area contributed by atoms with Crippen LogP contribution in [-0.2, 0) is 4.79 Å². The van der Waals surface area contributed by atoms with E-state index in [1.54, 1.807) is 37.3 Å². The van der Waals surface area contributed by atoms with Crippen LogP contribution in [-0.4, -0.2) is 17.2 Å². The molecule has 0 saturated heterocycles. The zero-order valence-electron chi connectivity index (χ0n) is 11.9. The maximum Gasteiger partial charge on any atom is 0.325 e. The first-order chi connectivity index (χ1) is 10.6. The lowest BCUT2D eigenvalue weighted by molar-refractivity contribution is -0.119. The lowest BCUT2D eigenvalue weighted by Gasteiger charge is -2.12. The number of carbonyl (C=O) groups is 2. The number of imide groups is 1. The molecule has 1 atom stereocenters. The zero-order valence-corrected chi connectivity index (χ0v) is 13.4. The van der Waals surface area contributed by atoms with Gasteiger partial charge >= 0.3 is 6.03 Å². The van der Waals surface area contributed by atoms with Gasteiger partial charge in [0, 0.05) is 10.6 Å². The Kier molecular flexibility index (Phi) is 5.86. The fraction of sp³-hybridized carbons (Fsp3) is 0.125. The van der Waals surface area contributed by atoms with Gasteiger partial charge in [0.2, 0.25) is 5.91 Å². The van der Waals surface area contributed by atoms with Gasteiger partial charge in [-0.2, -0.15) is 0 Å². The van der Waals surface area contributed by atoms with Crippen LogP contribution in [0.2, 0.25) is 5.02 Å². The number of para-hydroxylation sites is 1. The second-order valence-electron chi connectivity index (χ2n) is 4.50. The molecule has 0 aliphatic carbocycles. The Bertz CT molecular complexity index is 664. The highest BCUT2D eigenvalue weighted by Gasteiger charge is 2.18. The van der Waals surface area contributed by atoms with Crippen LogP contribution in [0.5, 0.6) is 0 Å². The lowest BCUT2D eigenvalue weighted by Crippen LogP contribution is -2.38. The number of benzene rings is 2. The van der Waals surface area contributed by atoms with Crippen LogP contribution >= 0.6 is 23.4 Å². The van der Waals surface area contributed by atoms with E-state index in [1.165, 1.54) is 11.8 Å². The van der Waals surface area contributed by atoms with Crippen molar-refractivity contribution in [3.05, 3.63) is 59.6 Å². The summed E-state index contributed by atoms with van der Waals surface area (Å²) in [5.74, 6) is -0.377. The predicted octanol–water partition coefficient (Wildman–Crippen LogP) is 4.17. The van der Waals surface area contributed by atoms with E-state index in [9.17, 15) is 9.59 Å². The first kappa shape index (κ1) is 16.4. The summed E-state index contributed by atoms with van der Waals surface area (Å²) in [6.07, 6.45) is 0. The van der Waals surface area contributed by atoms with E-state index in [1.807, 2.05) is 24.3 Å². The lowest BCUT2D eigenvalue weighted by atomic mass is 10.3. The summed E-state index contributed by atoms with van der Waals surface area (Å²) >= 11 is 7.36. The molecule has 6 heteroatoms. The molecule has 0 unspecified atom stereocenters. The summed E-state index contributed by atoms with van der Waals surface area (Å²) in [5, 5.41) is 5.05. The Morgan fingerprint density at radius 2 is 1.68 bits per heavy atom. The Hall–Kier alpha value is -1.98. The minimum atomic E-state index is -0.553. The molecule has 0 spiro atoms. The molecule has 0 aliphatic heterocycles. The largest absolute Gasteiger partial charge is 0.325 e. The average Bonchev–Trinajstić information content (AvgIpc) is 2.50. The van der Waals surface area contributed by atoms with Gasteiger partial charge in [0.15, 0.2) is 0 Å². The highest BCUT2D eigenvalue weighted by atomic mass is 35.5. The van der Waals surface area contributed by atoms with Gasteiger partial charge < -0.3 is 5.32 Å². The molecule has 0 saturated carbocycles. The van der Waals surface area contributed by atoms with Crippen LogP contribution in [0, 0.1) is 0 Å². The second kappa shape index (κ2) is 7.87. The minimum absolute atomic E-state index is 0.377. The van der Waals surface area contributed by atoms with Gasteiger partial charge in [-0.05, 0) is 31.2 Å². The van der Waals surface area contributed by atoms with Crippen LogP contribution in [0.1, 0.15) is 6.92 Å². The summed E-state index contributed by atoms with van der Waals surface area (Å²) < 4.78 is 0. The van der Waals surface area contributed by atoms with E-state index in [2.05, 4.69) is 10.6 Å². The topological polar surface area (TPSA) is 58.2 Å². The molecule has 4 nitrogen and oxygen atoms in total. The van der Waals surface area contributed by atoms with E-state index in [4.69, 9.17) is 11.6 Å². The summed E-state index contributed by atoms with van der Waals surface area (Å²) in [6, 6.07) is 15.6. The van der Waals surface area contributed by atoms with Gasteiger partial charge in [0.05, 0.1) is 10.3 Å². The smallest absolute Gasteiger partial charge is 0.308 e. The highest BCUT2D eigenvalue weighted by molar-refractivity contribution is 8.00. The van der Waals surface area contributed by atoms with E-state index >= 15 is 0 Å². The number of carbonyl (C=O) groups excluding carboxylic acids is 2. The Morgan fingerprint density at radius 1 is 1.05 bits per heavy atom. The Morgan fingerprint density at radius 3 is 2.36 bits per heavy atom. The number of hydrogen-bond acceptors (Lipinski definition) is 3. The van der Waals surface area contributed by atoms with Crippen molar-refractivity contribution in [2.75, 3.05) is 5.32 Å². The fourth-order valence-electron chi connectivity index (χ4n) is 1.68. The van der Waals surface area contributed by atoms with Crippen molar-refractivity contribution in [3.8, 4) is 0 Å². The maximum atomic E-state index is 12.0. The molecule has 2 aromatic rings. The fourth-order valence-corrected chi connectivity index (χ4v) is 2.84. The molecule has 0 aliphatic rings. The van der Waals surface area contributed by atoms with Gasteiger partial charge in [0.25, 0.3) is 0 Å². The van der Waals surface area contributed by atoms with E-state index < -0.39 is 11.3 Å². The molecule has 0 fully saturated rings. The number of anilines is 1. The number of amides is 3.